The van der Waals surface area contributed by atoms with Crippen LogP contribution in [0.2, 0.25) is 0 Å². The highest BCUT2D eigenvalue weighted by molar-refractivity contribution is 5.95. The molecule has 0 aliphatic heterocycles. The Morgan fingerprint density at radius 3 is 2.75 bits per heavy atom. The van der Waals surface area contributed by atoms with Crippen LogP contribution in [0.25, 0.3) is 0 Å². The minimum Gasteiger partial charge on any atom is -0.498 e. The molecular weight excluding hydrogens is 208 g/mol. The summed E-state index contributed by atoms with van der Waals surface area (Å²) in [4.78, 5) is 22.9. The number of allylic oxidation sites excluding steroid dienone is 2. The molecule has 0 N–H and O–H groups in total. The van der Waals surface area contributed by atoms with Gasteiger partial charge in [0.05, 0.1) is 25.4 Å². The van der Waals surface area contributed by atoms with E-state index in [4.69, 9.17) is 9.47 Å². The van der Waals surface area contributed by atoms with Gasteiger partial charge < -0.3 is 9.47 Å². The minimum atomic E-state index is -0.297. The maximum Gasteiger partial charge on any atom is 0.306 e. The molecule has 1 aliphatic carbocycles. The zero-order valence-electron chi connectivity index (χ0n) is 9.82. The molecule has 0 aromatic heterocycles. The second kappa shape index (κ2) is 6.30. The first-order valence-corrected chi connectivity index (χ1v) is 5.70. The number of hydrogen-bond donors (Lipinski definition) is 0. The maximum atomic E-state index is 11.7. The lowest BCUT2D eigenvalue weighted by Crippen LogP contribution is -2.22. The molecule has 4 heteroatoms. The monoisotopic (exact) mass is 226 g/mol. The highest BCUT2D eigenvalue weighted by atomic mass is 16.5. The number of carbonyl (C=O) groups is 2. The average molecular weight is 226 g/mol. The summed E-state index contributed by atoms with van der Waals surface area (Å²) in [6.07, 6.45) is 3.09. The fraction of sp³-hybridized carbons (Fsp3) is 0.667. The zero-order valence-corrected chi connectivity index (χ0v) is 9.82. The summed E-state index contributed by atoms with van der Waals surface area (Å²) >= 11 is 0. The average Bonchev–Trinajstić information content (AvgIpc) is 2.23. The van der Waals surface area contributed by atoms with E-state index in [1.807, 2.05) is 6.92 Å². The van der Waals surface area contributed by atoms with E-state index in [1.165, 1.54) is 6.08 Å². The third-order valence-corrected chi connectivity index (χ3v) is 2.49. The van der Waals surface area contributed by atoms with Crippen molar-refractivity contribution in [1.29, 1.82) is 0 Å². The van der Waals surface area contributed by atoms with Crippen molar-refractivity contribution < 1.29 is 19.1 Å². The number of esters is 1. The summed E-state index contributed by atoms with van der Waals surface area (Å²) in [6, 6.07) is 0. The van der Waals surface area contributed by atoms with Crippen molar-refractivity contribution in [3.05, 3.63) is 11.8 Å². The second-order valence-electron chi connectivity index (χ2n) is 3.69. The summed E-state index contributed by atoms with van der Waals surface area (Å²) in [7, 11) is 0. The first-order valence-electron chi connectivity index (χ1n) is 5.70. The Balaban J connectivity index is 2.48. The maximum absolute atomic E-state index is 11.7. The van der Waals surface area contributed by atoms with Crippen LogP contribution >= 0.6 is 0 Å². The van der Waals surface area contributed by atoms with E-state index in [9.17, 15) is 9.59 Å². The normalized spacial score (nSPS) is 20.2. The van der Waals surface area contributed by atoms with Crippen LogP contribution in [-0.4, -0.2) is 25.0 Å². The molecule has 0 fully saturated rings. The molecule has 0 spiro atoms. The van der Waals surface area contributed by atoms with E-state index in [0.29, 0.717) is 19.6 Å². The van der Waals surface area contributed by atoms with Gasteiger partial charge in [0.2, 0.25) is 0 Å². The van der Waals surface area contributed by atoms with E-state index in [0.717, 1.165) is 12.2 Å². The van der Waals surface area contributed by atoms with Crippen LogP contribution in [-0.2, 0) is 19.1 Å². The Labute approximate surface area is 95.6 Å². The smallest absolute Gasteiger partial charge is 0.306 e. The molecule has 0 heterocycles. The number of ketones is 1. The quantitative estimate of drug-likeness (QED) is 0.671. The van der Waals surface area contributed by atoms with Gasteiger partial charge in [0.25, 0.3) is 0 Å². The molecule has 0 aromatic carbocycles. The molecule has 0 saturated heterocycles. The van der Waals surface area contributed by atoms with E-state index < -0.39 is 0 Å². The van der Waals surface area contributed by atoms with Gasteiger partial charge in [-0.15, -0.1) is 0 Å². The van der Waals surface area contributed by atoms with E-state index in [2.05, 4.69) is 0 Å². The zero-order chi connectivity index (χ0) is 12.0. The summed E-state index contributed by atoms with van der Waals surface area (Å²) < 4.78 is 10.1. The van der Waals surface area contributed by atoms with Gasteiger partial charge in [0.15, 0.2) is 5.78 Å². The lowest BCUT2D eigenvalue weighted by atomic mass is 9.89. The minimum absolute atomic E-state index is 0.0252. The highest BCUT2D eigenvalue weighted by Gasteiger charge is 2.25. The van der Waals surface area contributed by atoms with Crippen LogP contribution in [0.1, 0.15) is 33.1 Å². The second-order valence-corrected chi connectivity index (χ2v) is 3.69. The fourth-order valence-electron chi connectivity index (χ4n) is 1.73. The summed E-state index contributed by atoms with van der Waals surface area (Å²) in [5, 5.41) is 0. The molecule has 0 amide bonds. The first-order chi connectivity index (χ1) is 7.67. The van der Waals surface area contributed by atoms with Crippen LogP contribution in [0.4, 0.5) is 0 Å². The van der Waals surface area contributed by atoms with E-state index in [-0.39, 0.29) is 24.1 Å². The van der Waals surface area contributed by atoms with E-state index in [1.54, 1.807) is 6.92 Å². The molecule has 0 saturated carbocycles. The van der Waals surface area contributed by atoms with Crippen LogP contribution in [0, 0.1) is 5.92 Å². The third kappa shape index (κ3) is 3.68. The highest BCUT2D eigenvalue weighted by Crippen LogP contribution is 2.24. The van der Waals surface area contributed by atoms with Gasteiger partial charge in [-0.3, -0.25) is 9.59 Å². The van der Waals surface area contributed by atoms with Gasteiger partial charge in [0, 0.05) is 18.4 Å². The van der Waals surface area contributed by atoms with Crippen LogP contribution in [0.5, 0.6) is 0 Å². The van der Waals surface area contributed by atoms with Gasteiger partial charge in [0.1, 0.15) is 0 Å². The fourth-order valence-corrected chi connectivity index (χ4v) is 1.73. The lowest BCUT2D eigenvalue weighted by Gasteiger charge is -2.19. The van der Waals surface area contributed by atoms with Crippen LogP contribution in [0.15, 0.2) is 11.8 Å². The molecule has 90 valence electrons. The van der Waals surface area contributed by atoms with Crippen molar-refractivity contribution in [2.24, 2.45) is 5.92 Å². The van der Waals surface area contributed by atoms with Crippen molar-refractivity contribution >= 4 is 11.8 Å². The Morgan fingerprint density at radius 2 is 2.19 bits per heavy atom. The number of hydrogen-bond acceptors (Lipinski definition) is 4. The Hall–Kier alpha value is -1.32. The van der Waals surface area contributed by atoms with Gasteiger partial charge in [-0.1, -0.05) is 0 Å². The summed E-state index contributed by atoms with van der Waals surface area (Å²) in [6.45, 7) is 4.57. The van der Waals surface area contributed by atoms with Gasteiger partial charge in [-0.2, -0.15) is 0 Å². The van der Waals surface area contributed by atoms with Crippen molar-refractivity contribution in [3.63, 3.8) is 0 Å². The third-order valence-electron chi connectivity index (χ3n) is 2.49. The molecular formula is C12H18O4. The molecule has 0 aromatic rings. The summed E-state index contributed by atoms with van der Waals surface area (Å²) in [5.41, 5.74) is 0. The Kier molecular flexibility index (Phi) is 5.02. The number of rotatable bonds is 5. The van der Waals surface area contributed by atoms with Crippen molar-refractivity contribution in [1.82, 2.24) is 0 Å². The van der Waals surface area contributed by atoms with E-state index >= 15 is 0 Å². The van der Waals surface area contributed by atoms with Crippen molar-refractivity contribution in [2.45, 2.75) is 33.1 Å². The first kappa shape index (κ1) is 12.7. The molecule has 1 atom stereocenters. The molecule has 0 radical (unpaired) electrons. The number of ether oxygens (including phenoxy) is 2. The number of carbonyl (C=O) groups excluding carboxylic acids is 2. The predicted molar refractivity (Wildman–Crippen MR) is 58.7 cm³/mol. The van der Waals surface area contributed by atoms with Gasteiger partial charge >= 0.3 is 5.97 Å². The Morgan fingerprint density at radius 1 is 1.44 bits per heavy atom. The lowest BCUT2D eigenvalue weighted by molar-refractivity contribution is -0.145. The van der Waals surface area contributed by atoms with Gasteiger partial charge in [-0.25, -0.2) is 0 Å². The summed E-state index contributed by atoms with van der Waals surface area (Å²) in [5.74, 6) is 0.174. The van der Waals surface area contributed by atoms with Crippen molar-refractivity contribution in [2.75, 3.05) is 13.2 Å². The standard InChI is InChI=1S/C12H18O4/c1-3-15-10-6-5-9(11(13)8-10)7-12(14)16-4-2/h8-9H,3-7H2,1-2H3. The SMILES string of the molecule is CCOC(=O)CC1CCC(OCC)=CC1=O. The largest absolute Gasteiger partial charge is 0.498 e. The molecule has 1 unspecified atom stereocenters. The molecule has 0 bridgehead atoms. The molecule has 16 heavy (non-hydrogen) atoms. The predicted octanol–water partition coefficient (Wildman–Crippen LogP) is 1.84. The van der Waals surface area contributed by atoms with Crippen LogP contribution < -0.4 is 0 Å². The molecule has 1 rings (SSSR count). The van der Waals surface area contributed by atoms with Crippen molar-refractivity contribution in [3.8, 4) is 0 Å². The molecule has 4 nitrogen and oxygen atoms in total. The van der Waals surface area contributed by atoms with Crippen LogP contribution in [0.3, 0.4) is 0 Å². The van der Waals surface area contributed by atoms with Gasteiger partial charge in [-0.05, 0) is 20.3 Å². The topological polar surface area (TPSA) is 52.6 Å². The Bertz CT molecular complexity index is 293. The molecule has 1 aliphatic rings.